The molecule has 1 aliphatic heterocycles. The number of piperazine rings is 1. The Morgan fingerprint density at radius 1 is 1.12 bits per heavy atom. The van der Waals surface area contributed by atoms with Crippen molar-refractivity contribution < 1.29 is 9.59 Å². The smallest absolute Gasteiger partial charge is 0.268 e. The van der Waals surface area contributed by atoms with Gasteiger partial charge in [-0.3, -0.25) is 9.59 Å². The van der Waals surface area contributed by atoms with Crippen LogP contribution in [0.1, 0.15) is 5.56 Å². The third-order valence-corrected chi connectivity index (χ3v) is 2.28. The normalized spacial score (nSPS) is 18.2. The predicted octanol–water partition coefficient (Wildman–Crippen LogP) is 0.830. The molecule has 2 rings (SSSR count). The third kappa shape index (κ3) is 3.04. The van der Waals surface area contributed by atoms with Crippen LogP contribution in [0.4, 0.5) is 0 Å². The number of rotatable bonds is 2. The van der Waals surface area contributed by atoms with E-state index in [1.54, 1.807) is 12.2 Å². The van der Waals surface area contributed by atoms with Crippen molar-refractivity contribution in [1.29, 1.82) is 0 Å². The fourth-order valence-corrected chi connectivity index (χ4v) is 1.44. The summed E-state index contributed by atoms with van der Waals surface area (Å²) in [6.45, 7) is 0.0403. The zero-order valence-electron chi connectivity index (χ0n) is 9.14. The lowest BCUT2D eigenvalue weighted by molar-refractivity contribution is -0.127. The summed E-state index contributed by atoms with van der Waals surface area (Å²) < 4.78 is 0. The van der Waals surface area contributed by atoms with Gasteiger partial charge in [0, 0.05) is 0 Å². The summed E-state index contributed by atoms with van der Waals surface area (Å²) in [5.74, 6) is -0.466. The number of nitrogens with one attached hydrogen (secondary N) is 2. The largest absolute Gasteiger partial charge is 0.342 e. The van der Waals surface area contributed by atoms with Crippen molar-refractivity contribution in [1.82, 2.24) is 10.6 Å². The zero-order valence-corrected chi connectivity index (χ0v) is 9.14. The van der Waals surface area contributed by atoms with E-state index in [-0.39, 0.29) is 24.1 Å². The topological polar surface area (TPSA) is 58.2 Å². The van der Waals surface area contributed by atoms with Crippen molar-refractivity contribution in [3.05, 3.63) is 53.7 Å². The molecule has 0 aliphatic carbocycles. The molecule has 1 heterocycles. The highest BCUT2D eigenvalue weighted by Crippen LogP contribution is 2.02. The summed E-state index contributed by atoms with van der Waals surface area (Å²) in [7, 11) is 0. The van der Waals surface area contributed by atoms with E-state index in [2.05, 4.69) is 10.6 Å². The molecule has 4 nitrogen and oxygen atoms in total. The Bertz CT molecular complexity index is 489. The van der Waals surface area contributed by atoms with E-state index < -0.39 is 0 Å². The van der Waals surface area contributed by atoms with Crippen LogP contribution >= 0.6 is 0 Å². The van der Waals surface area contributed by atoms with Crippen LogP contribution in [0, 0.1) is 0 Å². The average Bonchev–Trinajstić information content (AvgIpc) is 2.35. The van der Waals surface area contributed by atoms with Crippen LogP contribution in [-0.4, -0.2) is 18.4 Å². The van der Waals surface area contributed by atoms with E-state index in [9.17, 15) is 9.59 Å². The zero-order chi connectivity index (χ0) is 12.1. The van der Waals surface area contributed by atoms with Gasteiger partial charge in [-0.2, -0.15) is 0 Å². The maximum absolute atomic E-state index is 11.4. The van der Waals surface area contributed by atoms with Crippen LogP contribution in [0.2, 0.25) is 0 Å². The fourth-order valence-electron chi connectivity index (χ4n) is 1.44. The van der Waals surface area contributed by atoms with Gasteiger partial charge in [-0.25, -0.2) is 0 Å². The molecule has 0 aromatic heterocycles. The van der Waals surface area contributed by atoms with Gasteiger partial charge in [0.2, 0.25) is 5.91 Å². The number of hydrogen-bond acceptors (Lipinski definition) is 2. The van der Waals surface area contributed by atoms with Crippen LogP contribution in [0.5, 0.6) is 0 Å². The van der Waals surface area contributed by atoms with Crippen molar-refractivity contribution in [2.24, 2.45) is 0 Å². The van der Waals surface area contributed by atoms with E-state index in [1.807, 2.05) is 36.4 Å². The summed E-state index contributed by atoms with van der Waals surface area (Å²) in [6.07, 6.45) is 5.18. The molecular weight excluding hydrogens is 216 g/mol. The van der Waals surface area contributed by atoms with Gasteiger partial charge in [-0.15, -0.1) is 0 Å². The third-order valence-electron chi connectivity index (χ3n) is 2.28. The quantitative estimate of drug-likeness (QED) is 0.737. The minimum Gasteiger partial charge on any atom is -0.342 e. The lowest BCUT2D eigenvalue weighted by Gasteiger charge is -2.15. The summed E-state index contributed by atoms with van der Waals surface area (Å²) in [5, 5.41) is 4.99. The first-order valence-electron chi connectivity index (χ1n) is 5.27. The van der Waals surface area contributed by atoms with Gasteiger partial charge in [-0.05, 0) is 11.6 Å². The van der Waals surface area contributed by atoms with Crippen LogP contribution in [0.3, 0.4) is 0 Å². The van der Waals surface area contributed by atoms with E-state index >= 15 is 0 Å². The highest BCUT2D eigenvalue weighted by molar-refractivity contribution is 6.03. The molecule has 1 aromatic rings. The summed E-state index contributed by atoms with van der Waals surface area (Å²) >= 11 is 0. The SMILES string of the molecule is O=C1CNC(=O)/C(=C/C=C/c2ccccc2)N1. The molecular formula is C13H12N2O2. The van der Waals surface area contributed by atoms with Gasteiger partial charge in [0.25, 0.3) is 5.91 Å². The minimum absolute atomic E-state index is 0.0403. The van der Waals surface area contributed by atoms with Crippen molar-refractivity contribution >= 4 is 17.9 Å². The summed E-state index contributed by atoms with van der Waals surface area (Å²) in [5.41, 5.74) is 1.31. The van der Waals surface area contributed by atoms with Gasteiger partial charge < -0.3 is 10.6 Å². The van der Waals surface area contributed by atoms with E-state index in [1.165, 1.54) is 0 Å². The maximum Gasteiger partial charge on any atom is 0.268 e. The Morgan fingerprint density at radius 3 is 2.65 bits per heavy atom. The Hall–Kier alpha value is -2.36. The summed E-state index contributed by atoms with van der Waals surface area (Å²) in [4.78, 5) is 22.4. The molecule has 4 heteroatoms. The van der Waals surface area contributed by atoms with Gasteiger partial charge in [-0.1, -0.05) is 42.5 Å². The molecule has 0 atom stereocenters. The number of benzene rings is 1. The first kappa shape index (κ1) is 11.1. The number of carbonyl (C=O) groups is 2. The van der Waals surface area contributed by atoms with Crippen LogP contribution in [0.15, 0.2) is 48.2 Å². The molecule has 1 aliphatic rings. The molecule has 1 fully saturated rings. The number of allylic oxidation sites excluding steroid dienone is 2. The molecule has 86 valence electrons. The van der Waals surface area contributed by atoms with Crippen molar-refractivity contribution in [3.8, 4) is 0 Å². The van der Waals surface area contributed by atoms with Gasteiger partial charge in [0.15, 0.2) is 0 Å². The molecule has 17 heavy (non-hydrogen) atoms. The molecule has 0 radical (unpaired) electrons. The van der Waals surface area contributed by atoms with E-state index in [4.69, 9.17) is 0 Å². The van der Waals surface area contributed by atoms with Gasteiger partial charge in [0.1, 0.15) is 5.70 Å². The molecule has 2 amide bonds. The summed E-state index contributed by atoms with van der Waals surface area (Å²) in [6, 6.07) is 9.71. The highest BCUT2D eigenvalue weighted by Gasteiger charge is 2.18. The molecule has 1 aromatic carbocycles. The Balaban J connectivity index is 2.07. The Labute approximate surface area is 99.0 Å². The Morgan fingerprint density at radius 2 is 1.88 bits per heavy atom. The van der Waals surface area contributed by atoms with Crippen LogP contribution in [0.25, 0.3) is 6.08 Å². The first-order chi connectivity index (χ1) is 8.25. The lowest BCUT2D eigenvalue weighted by Crippen LogP contribution is -2.46. The number of amides is 2. The van der Waals surface area contributed by atoms with Crippen LogP contribution in [-0.2, 0) is 9.59 Å². The minimum atomic E-state index is -0.262. The second-order valence-electron chi connectivity index (χ2n) is 3.58. The van der Waals surface area contributed by atoms with Gasteiger partial charge in [0.05, 0.1) is 6.54 Å². The fraction of sp³-hybridized carbons (Fsp3) is 0.0769. The van der Waals surface area contributed by atoms with E-state index in [0.29, 0.717) is 0 Å². The number of hydrogen-bond donors (Lipinski definition) is 2. The molecule has 0 bridgehead atoms. The standard InChI is InChI=1S/C13H12N2O2/c16-12-9-14-13(17)11(15-12)8-4-7-10-5-2-1-3-6-10/h1-8H,9H2,(H,14,17)(H,15,16)/b7-4+,11-8-. The predicted molar refractivity (Wildman–Crippen MR) is 64.7 cm³/mol. The molecule has 0 unspecified atom stereocenters. The maximum atomic E-state index is 11.4. The first-order valence-corrected chi connectivity index (χ1v) is 5.27. The van der Waals surface area contributed by atoms with Gasteiger partial charge >= 0.3 is 0 Å². The van der Waals surface area contributed by atoms with Crippen molar-refractivity contribution in [2.45, 2.75) is 0 Å². The molecule has 0 spiro atoms. The molecule has 1 saturated heterocycles. The lowest BCUT2D eigenvalue weighted by atomic mass is 10.2. The van der Waals surface area contributed by atoms with Crippen molar-refractivity contribution in [2.75, 3.05) is 6.54 Å². The van der Waals surface area contributed by atoms with Crippen molar-refractivity contribution in [3.63, 3.8) is 0 Å². The Kier molecular flexibility index (Phi) is 3.35. The molecule has 0 saturated carbocycles. The second-order valence-corrected chi connectivity index (χ2v) is 3.58. The number of carbonyl (C=O) groups excluding carboxylic acids is 2. The average molecular weight is 228 g/mol. The molecule has 2 N–H and O–H groups in total. The second kappa shape index (κ2) is 5.12. The van der Waals surface area contributed by atoms with E-state index in [0.717, 1.165) is 5.56 Å². The monoisotopic (exact) mass is 228 g/mol. The highest BCUT2D eigenvalue weighted by atomic mass is 16.2. The van der Waals surface area contributed by atoms with Crippen LogP contribution < -0.4 is 10.6 Å².